The molecule has 5 heteroatoms. The summed E-state index contributed by atoms with van der Waals surface area (Å²) in [6.07, 6.45) is 3.33. The number of aliphatic hydroxyl groups excluding tert-OH is 1. The zero-order valence-electron chi connectivity index (χ0n) is 10.8. The minimum atomic E-state index is -0.413. The second kappa shape index (κ2) is 5.35. The Bertz CT molecular complexity index is 430. The van der Waals surface area contributed by atoms with E-state index in [1.54, 1.807) is 18.3 Å². The third-order valence-corrected chi connectivity index (χ3v) is 3.10. The summed E-state index contributed by atoms with van der Waals surface area (Å²) >= 11 is 0. The number of hydrogen-bond acceptors (Lipinski definition) is 4. The number of aliphatic hydroxyl groups is 1. The molecule has 1 aliphatic carbocycles. The molecule has 1 amide bonds. The maximum Gasteiger partial charge on any atom is 0.251 e. The lowest BCUT2D eigenvalue weighted by atomic mass is 10.2. The van der Waals surface area contributed by atoms with Crippen molar-refractivity contribution in [2.75, 3.05) is 25.5 Å². The van der Waals surface area contributed by atoms with Crippen molar-refractivity contribution in [2.45, 2.75) is 18.9 Å². The van der Waals surface area contributed by atoms with Crippen LogP contribution < -0.4 is 10.2 Å². The number of amides is 1. The summed E-state index contributed by atoms with van der Waals surface area (Å²) in [4.78, 5) is 17.9. The standard InChI is InChI=1S/C13H19N3O2/c1-16(2)12-7-10(5-6-14-12)13(18)15-8-11(17)9-3-4-9/h5-7,9,11,17H,3-4,8H2,1-2H3,(H,15,18). The first-order valence-electron chi connectivity index (χ1n) is 6.17. The molecular weight excluding hydrogens is 230 g/mol. The molecule has 5 nitrogen and oxygen atoms in total. The highest BCUT2D eigenvalue weighted by Crippen LogP contribution is 2.32. The van der Waals surface area contributed by atoms with Crippen LogP contribution in [0.15, 0.2) is 18.3 Å². The minimum Gasteiger partial charge on any atom is -0.391 e. The first kappa shape index (κ1) is 12.8. The van der Waals surface area contributed by atoms with Crippen LogP contribution in [0.25, 0.3) is 0 Å². The van der Waals surface area contributed by atoms with Crippen LogP contribution in [-0.4, -0.2) is 42.7 Å². The fourth-order valence-electron chi connectivity index (χ4n) is 1.75. The molecule has 1 aromatic rings. The molecule has 98 valence electrons. The first-order chi connectivity index (χ1) is 8.58. The predicted molar refractivity (Wildman–Crippen MR) is 69.6 cm³/mol. The quantitative estimate of drug-likeness (QED) is 0.804. The summed E-state index contributed by atoms with van der Waals surface area (Å²) in [5.74, 6) is 0.950. The van der Waals surface area contributed by atoms with Gasteiger partial charge in [0.25, 0.3) is 5.91 Å². The molecule has 1 aromatic heterocycles. The summed E-state index contributed by atoms with van der Waals surface area (Å²) in [5, 5.41) is 12.4. The van der Waals surface area contributed by atoms with Crippen LogP contribution in [0.5, 0.6) is 0 Å². The van der Waals surface area contributed by atoms with Crippen molar-refractivity contribution in [1.82, 2.24) is 10.3 Å². The monoisotopic (exact) mass is 249 g/mol. The van der Waals surface area contributed by atoms with E-state index in [0.717, 1.165) is 18.7 Å². The van der Waals surface area contributed by atoms with Crippen molar-refractivity contribution in [2.24, 2.45) is 5.92 Å². The Hall–Kier alpha value is -1.62. The lowest BCUT2D eigenvalue weighted by Gasteiger charge is -2.13. The molecule has 0 spiro atoms. The van der Waals surface area contributed by atoms with Crippen LogP contribution >= 0.6 is 0 Å². The van der Waals surface area contributed by atoms with E-state index < -0.39 is 6.10 Å². The summed E-state index contributed by atoms with van der Waals surface area (Å²) in [6.45, 7) is 0.323. The van der Waals surface area contributed by atoms with Gasteiger partial charge in [-0.25, -0.2) is 4.98 Å². The van der Waals surface area contributed by atoms with E-state index in [2.05, 4.69) is 10.3 Å². The molecule has 0 aliphatic heterocycles. The topological polar surface area (TPSA) is 65.5 Å². The Morgan fingerprint density at radius 2 is 2.33 bits per heavy atom. The summed E-state index contributed by atoms with van der Waals surface area (Å²) < 4.78 is 0. The Balaban J connectivity index is 1.93. The maximum absolute atomic E-state index is 11.9. The Labute approximate surface area is 107 Å². The Morgan fingerprint density at radius 1 is 1.61 bits per heavy atom. The number of carbonyl (C=O) groups is 1. The highest BCUT2D eigenvalue weighted by Gasteiger charge is 2.29. The number of anilines is 1. The fraction of sp³-hybridized carbons (Fsp3) is 0.538. The van der Waals surface area contributed by atoms with Crippen LogP contribution in [0.3, 0.4) is 0 Å². The van der Waals surface area contributed by atoms with Gasteiger partial charge in [-0.3, -0.25) is 4.79 Å². The molecule has 18 heavy (non-hydrogen) atoms. The van der Waals surface area contributed by atoms with E-state index in [0.29, 0.717) is 18.0 Å². The molecular formula is C13H19N3O2. The first-order valence-corrected chi connectivity index (χ1v) is 6.17. The molecule has 0 radical (unpaired) electrons. The lowest BCUT2D eigenvalue weighted by Crippen LogP contribution is -2.33. The van der Waals surface area contributed by atoms with Gasteiger partial charge in [-0.2, -0.15) is 0 Å². The van der Waals surface area contributed by atoms with Gasteiger partial charge in [0.1, 0.15) is 5.82 Å². The van der Waals surface area contributed by atoms with Gasteiger partial charge < -0.3 is 15.3 Å². The van der Waals surface area contributed by atoms with Gasteiger partial charge in [-0.05, 0) is 30.9 Å². The fourth-order valence-corrected chi connectivity index (χ4v) is 1.75. The molecule has 1 aliphatic rings. The zero-order valence-corrected chi connectivity index (χ0v) is 10.8. The molecule has 1 fully saturated rings. The summed E-state index contributed by atoms with van der Waals surface area (Å²) in [7, 11) is 3.75. The number of hydrogen-bond donors (Lipinski definition) is 2. The maximum atomic E-state index is 11.9. The number of pyridine rings is 1. The second-order valence-electron chi connectivity index (χ2n) is 4.91. The Morgan fingerprint density at radius 3 is 2.94 bits per heavy atom. The normalized spacial score (nSPS) is 16.2. The molecule has 1 saturated carbocycles. The zero-order chi connectivity index (χ0) is 13.1. The number of carbonyl (C=O) groups excluding carboxylic acids is 1. The van der Waals surface area contributed by atoms with E-state index in [1.807, 2.05) is 19.0 Å². The van der Waals surface area contributed by atoms with Crippen LogP contribution in [0.1, 0.15) is 23.2 Å². The van der Waals surface area contributed by atoms with Gasteiger partial charge in [0.2, 0.25) is 0 Å². The second-order valence-corrected chi connectivity index (χ2v) is 4.91. The van der Waals surface area contributed by atoms with Crippen LogP contribution in [0.2, 0.25) is 0 Å². The third-order valence-electron chi connectivity index (χ3n) is 3.10. The van der Waals surface area contributed by atoms with Gasteiger partial charge in [-0.1, -0.05) is 0 Å². The highest BCUT2D eigenvalue weighted by molar-refractivity contribution is 5.94. The van der Waals surface area contributed by atoms with E-state index in [4.69, 9.17) is 0 Å². The molecule has 1 heterocycles. The SMILES string of the molecule is CN(C)c1cc(C(=O)NCC(O)C2CC2)ccn1. The van der Waals surface area contributed by atoms with Gasteiger partial charge in [0.05, 0.1) is 6.10 Å². The molecule has 1 unspecified atom stereocenters. The highest BCUT2D eigenvalue weighted by atomic mass is 16.3. The van der Waals surface area contributed by atoms with Crippen molar-refractivity contribution in [1.29, 1.82) is 0 Å². The van der Waals surface area contributed by atoms with Crippen LogP contribution in [0, 0.1) is 5.92 Å². The predicted octanol–water partition coefficient (Wildman–Crippen LogP) is 0.648. The summed E-state index contributed by atoms with van der Waals surface area (Å²) in [6, 6.07) is 3.41. The van der Waals surface area contributed by atoms with E-state index in [9.17, 15) is 9.90 Å². The molecule has 0 saturated heterocycles. The lowest BCUT2D eigenvalue weighted by molar-refractivity contribution is 0.0901. The van der Waals surface area contributed by atoms with E-state index >= 15 is 0 Å². The number of aromatic nitrogens is 1. The van der Waals surface area contributed by atoms with Crippen molar-refractivity contribution in [3.63, 3.8) is 0 Å². The molecule has 0 bridgehead atoms. The number of rotatable bonds is 5. The van der Waals surface area contributed by atoms with Gasteiger partial charge in [-0.15, -0.1) is 0 Å². The number of nitrogens with zero attached hydrogens (tertiary/aromatic N) is 2. The van der Waals surface area contributed by atoms with Gasteiger partial charge in [0, 0.05) is 32.4 Å². The average Bonchev–Trinajstić information content (AvgIpc) is 3.20. The van der Waals surface area contributed by atoms with Crippen molar-refractivity contribution < 1.29 is 9.90 Å². The van der Waals surface area contributed by atoms with E-state index in [1.165, 1.54) is 0 Å². The molecule has 2 N–H and O–H groups in total. The molecule has 0 aromatic carbocycles. The smallest absolute Gasteiger partial charge is 0.251 e. The van der Waals surface area contributed by atoms with Gasteiger partial charge >= 0.3 is 0 Å². The minimum absolute atomic E-state index is 0.166. The number of nitrogens with one attached hydrogen (secondary N) is 1. The van der Waals surface area contributed by atoms with Crippen molar-refractivity contribution in [3.05, 3.63) is 23.9 Å². The van der Waals surface area contributed by atoms with Crippen molar-refractivity contribution in [3.8, 4) is 0 Å². The largest absolute Gasteiger partial charge is 0.391 e. The molecule has 1 atom stereocenters. The third kappa shape index (κ3) is 3.20. The van der Waals surface area contributed by atoms with E-state index in [-0.39, 0.29) is 5.91 Å². The van der Waals surface area contributed by atoms with Gasteiger partial charge in [0.15, 0.2) is 0 Å². The van der Waals surface area contributed by atoms with Crippen LogP contribution in [0.4, 0.5) is 5.82 Å². The van der Waals surface area contributed by atoms with Crippen LogP contribution in [-0.2, 0) is 0 Å². The van der Waals surface area contributed by atoms with Crippen molar-refractivity contribution >= 4 is 11.7 Å². The average molecular weight is 249 g/mol. The Kier molecular flexibility index (Phi) is 3.81. The molecule has 2 rings (SSSR count). The summed E-state index contributed by atoms with van der Waals surface area (Å²) in [5.41, 5.74) is 0.566.